The Kier molecular flexibility index (Phi) is 14.1. The normalized spacial score (nSPS) is 27.9. The van der Waals surface area contributed by atoms with E-state index in [-0.39, 0.29) is 18.1 Å². The fourth-order valence-corrected chi connectivity index (χ4v) is 13.1. The van der Waals surface area contributed by atoms with Crippen molar-refractivity contribution in [2.75, 3.05) is 13.2 Å². The Labute approximate surface area is 373 Å². The first kappa shape index (κ1) is 44.4. The van der Waals surface area contributed by atoms with Crippen LogP contribution in [-0.4, -0.2) is 31.5 Å². The van der Waals surface area contributed by atoms with Gasteiger partial charge in [-0.3, -0.25) is 0 Å². The number of nitrogens with one attached hydrogen (secondary N) is 1. The molecule has 5 nitrogen and oxygen atoms in total. The number of carbonyl (C=O) groups is 1. The van der Waals surface area contributed by atoms with Gasteiger partial charge in [0.25, 0.3) is 0 Å². The topological polar surface area (TPSA) is 56.8 Å². The number of hydrogen-bond acceptors (Lipinski definition) is 5. The van der Waals surface area contributed by atoms with Crippen molar-refractivity contribution in [1.82, 2.24) is 5.32 Å². The predicted molar refractivity (Wildman–Crippen MR) is 251 cm³/mol. The van der Waals surface area contributed by atoms with Crippen LogP contribution in [0.3, 0.4) is 0 Å². The van der Waals surface area contributed by atoms with Gasteiger partial charge >= 0.3 is 6.16 Å². The van der Waals surface area contributed by atoms with Gasteiger partial charge in [0.05, 0.1) is 6.61 Å². The van der Waals surface area contributed by atoms with Gasteiger partial charge in [-0.1, -0.05) is 187 Å². The number of rotatable bonds is 17. The number of allylic oxidation sites excluding steroid dienone is 1. The van der Waals surface area contributed by atoms with Crippen LogP contribution in [-0.2, 0) is 26.4 Å². The lowest BCUT2D eigenvalue weighted by Crippen LogP contribution is -2.51. The molecule has 4 aromatic rings. The molecule has 0 bridgehead atoms. The first-order valence-corrected chi connectivity index (χ1v) is 24.2. The molecule has 0 amide bonds. The van der Waals surface area contributed by atoms with Crippen LogP contribution in [0.1, 0.15) is 128 Å². The molecule has 0 spiro atoms. The molecule has 8 rings (SSSR count). The molecule has 330 valence electrons. The van der Waals surface area contributed by atoms with Gasteiger partial charge < -0.3 is 19.5 Å². The van der Waals surface area contributed by atoms with Crippen molar-refractivity contribution in [2.45, 2.75) is 130 Å². The van der Waals surface area contributed by atoms with Gasteiger partial charge in [-0.25, -0.2) is 4.79 Å². The molecule has 1 N–H and O–H groups in total. The minimum Gasteiger partial charge on any atom is -0.431 e. The summed E-state index contributed by atoms with van der Waals surface area (Å²) in [4.78, 5) is 14.0. The maximum absolute atomic E-state index is 14.0. The molecule has 9 atom stereocenters. The minimum absolute atomic E-state index is 0.157. The average molecular weight is 836 g/mol. The smallest absolute Gasteiger partial charge is 0.431 e. The summed E-state index contributed by atoms with van der Waals surface area (Å²) in [5.74, 6) is 4.81. The molecular weight excluding hydrogens is 763 g/mol. The van der Waals surface area contributed by atoms with Crippen LogP contribution >= 0.6 is 0 Å². The summed E-state index contributed by atoms with van der Waals surface area (Å²) in [6, 6.07) is 41.4. The van der Waals surface area contributed by atoms with Crippen molar-refractivity contribution in [2.24, 2.45) is 46.3 Å². The van der Waals surface area contributed by atoms with Crippen molar-refractivity contribution < 1.29 is 19.0 Å². The van der Waals surface area contributed by atoms with E-state index in [2.05, 4.69) is 131 Å². The van der Waals surface area contributed by atoms with E-state index in [4.69, 9.17) is 14.2 Å². The van der Waals surface area contributed by atoms with Crippen molar-refractivity contribution in [3.63, 3.8) is 0 Å². The quantitative estimate of drug-likeness (QED) is 0.0652. The molecule has 5 heteroatoms. The van der Waals surface area contributed by atoms with Gasteiger partial charge in [-0.2, -0.15) is 0 Å². The third-order valence-corrected chi connectivity index (χ3v) is 16.4. The lowest BCUT2D eigenvalue weighted by Gasteiger charge is -2.58. The monoisotopic (exact) mass is 836 g/mol. The number of fused-ring (bicyclic) bond motifs is 5. The average Bonchev–Trinajstić information content (AvgIpc) is 3.65. The first-order valence-electron chi connectivity index (χ1n) is 24.2. The minimum atomic E-state index is -0.935. The molecule has 4 unspecified atom stereocenters. The second kappa shape index (κ2) is 19.7. The van der Waals surface area contributed by atoms with Crippen LogP contribution < -0.4 is 5.32 Å². The van der Waals surface area contributed by atoms with Gasteiger partial charge in [0.15, 0.2) is 0 Å². The maximum atomic E-state index is 14.0. The molecule has 4 aromatic carbocycles. The number of carbonyl (C=O) groups excluding carboxylic acids is 1. The molecule has 62 heavy (non-hydrogen) atoms. The zero-order valence-corrected chi connectivity index (χ0v) is 38.3. The van der Waals surface area contributed by atoms with Gasteiger partial charge in [0.2, 0.25) is 0 Å². The Morgan fingerprint density at radius 2 is 1.35 bits per heavy atom. The van der Waals surface area contributed by atoms with E-state index >= 15 is 0 Å². The van der Waals surface area contributed by atoms with E-state index in [0.717, 1.165) is 77.0 Å². The Morgan fingerprint density at radius 3 is 1.97 bits per heavy atom. The number of benzene rings is 4. The lowest BCUT2D eigenvalue weighted by molar-refractivity contribution is -0.0759. The van der Waals surface area contributed by atoms with E-state index in [1.54, 1.807) is 0 Å². The van der Waals surface area contributed by atoms with Crippen LogP contribution in [0.15, 0.2) is 133 Å². The highest BCUT2D eigenvalue weighted by molar-refractivity contribution is 5.60. The third kappa shape index (κ3) is 9.36. The van der Waals surface area contributed by atoms with Crippen molar-refractivity contribution in [3.8, 4) is 0 Å². The van der Waals surface area contributed by atoms with E-state index in [9.17, 15) is 4.79 Å². The molecule has 3 saturated carbocycles. The van der Waals surface area contributed by atoms with Crippen molar-refractivity contribution >= 4 is 6.16 Å². The zero-order valence-electron chi connectivity index (χ0n) is 38.3. The Bertz CT molecular complexity index is 1950. The van der Waals surface area contributed by atoms with Gasteiger partial charge in [0.1, 0.15) is 17.8 Å². The summed E-state index contributed by atoms with van der Waals surface area (Å²) >= 11 is 0. The summed E-state index contributed by atoms with van der Waals surface area (Å²) in [6.07, 6.45) is 14.8. The molecule has 0 aliphatic heterocycles. The van der Waals surface area contributed by atoms with Gasteiger partial charge in [-0.15, -0.1) is 0 Å². The highest BCUT2D eigenvalue weighted by Gasteiger charge is 2.59. The second-order valence-corrected chi connectivity index (χ2v) is 20.5. The summed E-state index contributed by atoms with van der Waals surface area (Å²) < 4.78 is 19.8. The summed E-state index contributed by atoms with van der Waals surface area (Å²) in [6.45, 7) is 13.8. The van der Waals surface area contributed by atoms with E-state index in [1.807, 2.05) is 36.4 Å². The zero-order chi connectivity index (χ0) is 43.2. The highest BCUT2D eigenvalue weighted by atomic mass is 16.7. The summed E-state index contributed by atoms with van der Waals surface area (Å²) in [5.41, 5.74) is 5.42. The lowest BCUT2D eigenvalue weighted by atomic mass is 9.47. The predicted octanol–water partition coefficient (Wildman–Crippen LogP) is 13.7. The number of hydrogen-bond donors (Lipinski definition) is 1. The van der Waals surface area contributed by atoms with Crippen molar-refractivity contribution in [1.29, 1.82) is 0 Å². The van der Waals surface area contributed by atoms with Crippen LogP contribution in [0, 0.1) is 46.3 Å². The van der Waals surface area contributed by atoms with E-state index < -0.39 is 17.9 Å². The van der Waals surface area contributed by atoms with Crippen LogP contribution in [0.4, 0.5) is 4.79 Å². The van der Waals surface area contributed by atoms with Gasteiger partial charge in [-0.05, 0) is 114 Å². The molecule has 0 heterocycles. The summed E-state index contributed by atoms with van der Waals surface area (Å²) in [5, 5.41) is 3.55. The van der Waals surface area contributed by atoms with Crippen LogP contribution in [0.2, 0.25) is 0 Å². The second-order valence-electron chi connectivity index (χ2n) is 20.5. The van der Waals surface area contributed by atoms with Crippen LogP contribution in [0.25, 0.3) is 0 Å². The van der Waals surface area contributed by atoms with E-state index in [1.165, 1.54) is 56.9 Å². The van der Waals surface area contributed by atoms with Crippen molar-refractivity contribution in [3.05, 3.63) is 155 Å². The first-order chi connectivity index (χ1) is 30.1. The van der Waals surface area contributed by atoms with E-state index in [0.29, 0.717) is 18.5 Å². The SMILES string of the molecule is CC(C)CCC[C@H](C)[C@@H]1CCC2[C@H]3CC=C4CC(OC(=O)OC(CNCc5ccccc5)COC(c5ccccc5)(c5ccccc5)c5ccccc5)CC[C@@]4(C)C3CC[C@]21C. The fourth-order valence-electron chi connectivity index (χ4n) is 13.1. The highest BCUT2D eigenvalue weighted by Crippen LogP contribution is 2.67. The Balaban J connectivity index is 0.956. The number of ether oxygens (including phenoxy) is 3. The molecule has 0 saturated heterocycles. The Hall–Kier alpha value is -4.19. The molecule has 0 radical (unpaired) electrons. The third-order valence-electron chi connectivity index (χ3n) is 16.4. The summed E-state index contributed by atoms with van der Waals surface area (Å²) in [7, 11) is 0. The molecule has 4 aliphatic carbocycles. The largest absolute Gasteiger partial charge is 0.508 e. The van der Waals surface area contributed by atoms with Crippen LogP contribution in [0.5, 0.6) is 0 Å². The molecule has 3 fully saturated rings. The fraction of sp³-hybridized carbons (Fsp3) is 0.526. The molecule has 4 aliphatic rings. The molecular formula is C57H73NO4. The molecule has 0 aromatic heterocycles. The standard InChI is InChI=1S/C57H73NO4/c1-41(2)19-18-20-42(3)51-31-32-52-50-30-29-47-37-48(33-35-55(47,4)53(50)34-36-56(51,52)5)61-54(59)62-49(39-58-38-43-21-10-6-11-22-43)40-60-57(44-23-12-7-13-24-44,45-25-14-8-15-26-45)46-27-16-9-17-28-46/h6-17,21-29,41-42,48-53,58H,18-20,30-40H2,1-5H3/t42-,48?,49?,50+,51-,52?,53?,55+,56-/m0/s1. The maximum Gasteiger partial charge on any atom is 0.508 e. The Morgan fingerprint density at radius 1 is 0.742 bits per heavy atom. The van der Waals surface area contributed by atoms with Gasteiger partial charge in [0, 0.05) is 19.5 Å².